The van der Waals surface area contributed by atoms with Gasteiger partial charge in [-0.2, -0.15) is 0 Å². The van der Waals surface area contributed by atoms with Gasteiger partial charge in [0.15, 0.2) is 0 Å². The van der Waals surface area contributed by atoms with E-state index >= 15 is 0 Å². The van der Waals surface area contributed by atoms with Gasteiger partial charge in [0, 0.05) is 29.4 Å². The van der Waals surface area contributed by atoms with Gasteiger partial charge in [-0.1, -0.05) is 30.3 Å². The van der Waals surface area contributed by atoms with Crippen molar-refractivity contribution in [2.75, 3.05) is 13.1 Å². The van der Waals surface area contributed by atoms with Gasteiger partial charge in [-0.3, -0.25) is 9.59 Å². The molecule has 0 bridgehead atoms. The first-order valence-corrected chi connectivity index (χ1v) is 9.34. The van der Waals surface area contributed by atoms with Gasteiger partial charge in [0.1, 0.15) is 11.4 Å². The molecular formula is C22H20N4O3. The van der Waals surface area contributed by atoms with Crippen LogP contribution in [0.3, 0.4) is 0 Å². The van der Waals surface area contributed by atoms with E-state index in [-0.39, 0.29) is 23.1 Å². The monoisotopic (exact) mass is 388 g/mol. The Kier molecular flexibility index (Phi) is 5.11. The van der Waals surface area contributed by atoms with Crippen molar-refractivity contribution in [2.24, 2.45) is 0 Å². The predicted molar refractivity (Wildman–Crippen MR) is 111 cm³/mol. The number of phenols is 1. The van der Waals surface area contributed by atoms with Crippen LogP contribution < -0.4 is 10.6 Å². The van der Waals surface area contributed by atoms with E-state index in [9.17, 15) is 14.7 Å². The van der Waals surface area contributed by atoms with Gasteiger partial charge >= 0.3 is 0 Å². The number of hydrogen-bond acceptors (Lipinski definition) is 4. The van der Waals surface area contributed by atoms with E-state index in [0.717, 1.165) is 21.8 Å². The highest BCUT2D eigenvalue weighted by atomic mass is 16.3. The molecule has 2 heterocycles. The van der Waals surface area contributed by atoms with Crippen LogP contribution in [0.15, 0.2) is 60.8 Å². The smallest absolute Gasteiger partial charge is 0.269 e. The highest BCUT2D eigenvalue weighted by molar-refractivity contribution is 6.09. The van der Waals surface area contributed by atoms with E-state index in [1.54, 1.807) is 30.5 Å². The molecule has 146 valence electrons. The number of H-pyrrole nitrogens is 1. The molecule has 0 unspecified atom stereocenters. The summed E-state index contributed by atoms with van der Waals surface area (Å²) in [4.78, 5) is 31.9. The summed E-state index contributed by atoms with van der Waals surface area (Å²) < 4.78 is 0. The number of amides is 2. The van der Waals surface area contributed by atoms with Gasteiger partial charge < -0.3 is 20.7 Å². The molecule has 0 radical (unpaired) electrons. The van der Waals surface area contributed by atoms with E-state index in [1.165, 1.54) is 6.07 Å². The number of aromatic amines is 1. The van der Waals surface area contributed by atoms with Crippen molar-refractivity contribution in [3.8, 4) is 5.75 Å². The summed E-state index contributed by atoms with van der Waals surface area (Å²) in [7, 11) is 0. The SMILES string of the molecule is O=C(NCCCNC(=O)c1ccccc1O)c1cc2c(cn1)[nH]c1ccccc12. The molecule has 7 heteroatoms. The number of fused-ring (bicyclic) bond motifs is 3. The van der Waals surface area contributed by atoms with E-state index in [1.807, 2.05) is 24.3 Å². The van der Waals surface area contributed by atoms with Gasteiger partial charge in [0.05, 0.1) is 17.3 Å². The van der Waals surface area contributed by atoms with Crippen LogP contribution in [-0.2, 0) is 0 Å². The Balaban J connectivity index is 1.31. The molecule has 0 aliphatic heterocycles. The highest BCUT2D eigenvalue weighted by Gasteiger charge is 2.12. The Morgan fingerprint density at radius 3 is 2.45 bits per heavy atom. The van der Waals surface area contributed by atoms with Crippen molar-refractivity contribution < 1.29 is 14.7 Å². The summed E-state index contributed by atoms with van der Waals surface area (Å²) in [6.07, 6.45) is 2.22. The molecule has 0 fully saturated rings. The number of hydrogen-bond donors (Lipinski definition) is 4. The van der Waals surface area contributed by atoms with Crippen LogP contribution in [0.1, 0.15) is 27.3 Å². The number of carbonyl (C=O) groups is 2. The van der Waals surface area contributed by atoms with Crippen molar-refractivity contribution in [2.45, 2.75) is 6.42 Å². The molecule has 0 spiro atoms. The predicted octanol–water partition coefficient (Wildman–Crippen LogP) is 2.97. The fraction of sp³-hybridized carbons (Fsp3) is 0.136. The summed E-state index contributed by atoms with van der Waals surface area (Å²) in [6, 6.07) is 16.0. The molecular weight excluding hydrogens is 368 g/mol. The number of nitrogens with one attached hydrogen (secondary N) is 3. The number of aromatic hydroxyl groups is 1. The molecule has 0 atom stereocenters. The molecule has 0 saturated heterocycles. The lowest BCUT2D eigenvalue weighted by Gasteiger charge is -2.08. The fourth-order valence-electron chi connectivity index (χ4n) is 3.22. The zero-order valence-electron chi connectivity index (χ0n) is 15.6. The summed E-state index contributed by atoms with van der Waals surface area (Å²) in [5.74, 6) is -0.665. The van der Waals surface area contributed by atoms with Crippen LogP contribution in [0.5, 0.6) is 5.75 Å². The normalized spacial score (nSPS) is 10.9. The van der Waals surface area contributed by atoms with E-state index < -0.39 is 0 Å². The minimum Gasteiger partial charge on any atom is -0.507 e. The highest BCUT2D eigenvalue weighted by Crippen LogP contribution is 2.24. The molecule has 4 N–H and O–H groups in total. The van der Waals surface area contributed by atoms with E-state index in [0.29, 0.717) is 25.2 Å². The van der Waals surface area contributed by atoms with Crippen LogP contribution in [0.25, 0.3) is 21.8 Å². The zero-order valence-corrected chi connectivity index (χ0v) is 15.6. The van der Waals surface area contributed by atoms with Crippen LogP contribution in [0, 0.1) is 0 Å². The summed E-state index contributed by atoms with van der Waals surface area (Å²) >= 11 is 0. The Labute approximate surface area is 166 Å². The molecule has 0 saturated carbocycles. The molecule has 4 rings (SSSR count). The number of rotatable bonds is 6. The van der Waals surface area contributed by atoms with Gasteiger partial charge in [-0.05, 0) is 30.7 Å². The number of benzene rings is 2. The van der Waals surface area contributed by atoms with Crippen LogP contribution in [-0.4, -0.2) is 40.0 Å². The summed E-state index contributed by atoms with van der Waals surface area (Å²) in [5.41, 5.74) is 2.46. The maximum Gasteiger partial charge on any atom is 0.269 e. The number of aromatic nitrogens is 2. The second kappa shape index (κ2) is 8.02. The molecule has 2 aromatic heterocycles. The number of para-hydroxylation sites is 2. The molecule has 4 aromatic rings. The summed E-state index contributed by atoms with van der Waals surface area (Å²) in [6.45, 7) is 0.774. The van der Waals surface area contributed by atoms with Gasteiger partial charge in [0.25, 0.3) is 11.8 Å². The molecule has 7 nitrogen and oxygen atoms in total. The van der Waals surface area contributed by atoms with Gasteiger partial charge in [-0.25, -0.2) is 4.98 Å². The van der Waals surface area contributed by atoms with Crippen LogP contribution >= 0.6 is 0 Å². The maximum absolute atomic E-state index is 12.4. The lowest BCUT2D eigenvalue weighted by atomic mass is 10.1. The third-order valence-electron chi connectivity index (χ3n) is 4.70. The number of nitrogens with zero attached hydrogens (tertiary/aromatic N) is 1. The second-order valence-corrected chi connectivity index (χ2v) is 6.67. The second-order valence-electron chi connectivity index (χ2n) is 6.67. The summed E-state index contributed by atoms with van der Waals surface area (Å²) in [5, 5.41) is 17.2. The van der Waals surface area contributed by atoms with E-state index in [2.05, 4.69) is 20.6 Å². The number of carbonyl (C=O) groups excluding carboxylic acids is 2. The average molecular weight is 388 g/mol. The van der Waals surface area contributed by atoms with Crippen molar-refractivity contribution in [1.29, 1.82) is 0 Å². The quantitative estimate of drug-likeness (QED) is 0.381. The standard InChI is InChI=1S/C22H20N4O3/c27-20-9-4-2-7-15(20)21(28)23-10-5-11-24-22(29)18-12-16-14-6-1-3-8-17(14)26-19(16)13-25-18/h1-4,6-9,12-13,26-27H,5,10-11H2,(H,23,28)(H,24,29). The lowest BCUT2D eigenvalue weighted by Crippen LogP contribution is -2.30. The van der Waals surface area contributed by atoms with Gasteiger partial charge in [0.2, 0.25) is 0 Å². The van der Waals surface area contributed by atoms with Crippen molar-refractivity contribution in [3.05, 3.63) is 72.1 Å². The molecule has 29 heavy (non-hydrogen) atoms. The van der Waals surface area contributed by atoms with Crippen LogP contribution in [0.2, 0.25) is 0 Å². The minimum absolute atomic E-state index is 0.0583. The average Bonchev–Trinajstić information content (AvgIpc) is 3.11. The minimum atomic E-state index is -0.346. The van der Waals surface area contributed by atoms with Gasteiger partial charge in [-0.15, -0.1) is 0 Å². The van der Waals surface area contributed by atoms with Crippen molar-refractivity contribution >= 4 is 33.6 Å². The maximum atomic E-state index is 12.4. The first-order chi connectivity index (χ1) is 14.1. The topological polar surface area (TPSA) is 107 Å². The molecule has 2 aromatic carbocycles. The lowest BCUT2D eigenvalue weighted by molar-refractivity contribution is 0.0948. The Morgan fingerprint density at radius 2 is 1.62 bits per heavy atom. The molecule has 0 aliphatic rings. The molecule has 0 aliphatic carbocycles. The number of pyridine rings is 1. The third-order valence-corrected chi connectivity index (χ3v) is 4.70. The first-order valence-electron chi connectivity index (χ1n) is 9.34. The third kappa shape index (κ3) is 3.89. The zero-order chi connectivity index (χ0) is 20.2. The Morgan fingerprint density at radius 1 is 0.897 bits per heavy atom. The Bertz CT molecular complexity index is 1200. The largest absolute Gasteiger partial charge is 0.507 e. The first kappa shape index (κ1) is 18.5. The van der Waals surface area contributed by atoms with E-state index in [4.69, 9.17) is 0 Å². The van der Waals surface area contributed by atoms with Crippen molar-refractivity contribution in [3.63, 3.8) is 0 Å². The van der Waals surface area contributed by atoms with Crippen LogP contribution in [0.4, 0.5) is 0 Å². The Hall–Kier alpha value is -3.87. The van der Waals surface area contributed by atoms with Crippen molar-refractivity contribution in [1.82, 2.24) is 20.6 Å². The number of phenolic OH excluding ortho intramolecular Hbond substituents is 1. The fourth-order valence-corrected chi connectivity index (χ4v) is 3.22. The molecule has 2 amide bonds.